The Morgan fingerprint density at radius 1 is 1.03 bits per heavy atom. The Labute approximate surface area is 195 Å². The number of amides is 1. The van der Waals surface area contributed by atoms with Crippen LogP contribution in [0.2, 0.25) is 0 Å². The summed E-state index contributed by atoms with van der Waals surface area (Å²) in [6.07, 6.45) is 2.72. The van der Waals surface area contributed by atoms with Gasteiger partial charge in [-0.2, -0.15) is 0 Å². The number of primary amides is 1. The van der Waals surface area contributed by atoms with Crippen LogP contribution in [-0.2, 0) is 6.54 Å². The molecule has 0 radical (unpaired) electrons. The van der Waals surface area contributed by atoms with E-state index in [-0.39, 0.29) is 0 Å². The second kappa shape index (κ2) is 10.8. The second-order valence-electron chi connectivity index (χ2n) is 8.32. The third-order valence-corrected chi connectivity index (χ3v) is 5.91. The van der Waals surface area contributed by atoms with Gasteiger partial charge in [0, 0.05) is 56.4 Å². The van der Waals surface area contributed by atoms with Crippen LogP contribution in [0.15, 0.2) is 66.9 Å². The lowest BCUT2D eigenvalue weighted by Gasteiger charge is -2.36. The monoisotopic (exact) mass is 444 g/mol. The van der Waals surface area contributed by atoms with Crippen molar-refractivity contribution in [3.05, 3.63) is 78.0 Å². The SMILES string of the molecule is CCCN1CCN(c2ccc(Nc3cc(NCc4ccccc4)c(C(N)=O)cn3)cc2)CC1. The van der Waals surface area contributed by atoms with Crippen LogP contribution >= 0.6 is 0 Å². The molecule has 1 aliphatic rings. The first kappa shape index (κ1) is 22.6. The van der Waals surface area contributed by atoms with Crippen LogP contribution in [0.1, 0.15) is 29.3 Å². The van der Waals surface area contributed by atoms with E-state index in [1.54, 1.807) is 0 Å². The smallest absolute Gasteiger partial charge is 0.252 e. The molecule has 2 heterocycles. The normalized spacial score (nSPS) is 14.2. The molecule has 0 aliphatic carbocycles. The number of piperazine rings is 1. The van der Waals surface area contributed by atoms with Crippen LogP contribution in [0.25, 0.3) is 0 Å². The topological polar surface area (TPSA) is 86.5 Å². The van der Waals surface area contributed by atoms with Gasteiger partial charge in [-0.3, -0.25) is 9.69 Å². The van der Waals surface area contributed by atoms with Gasteiger partial charge in [0.15, 0.2) is 0 Å². The maximum atomic E-state index is 11.9. The molecule has 0 saturated carbocycles. The fourth-order valence-electron chi connectivity index (χ4n) is 4.11. The molecule has 4 N–H and O–H groups in total. The summed E-state index contributed by atoms with van der Waals surface area (Å²) in [6.45, 7) is 8.34. The summed E-state index contributed by atoms with van der Waals surface area (Å²) in [4.78, 5) is 21.2. The molecule has 4 rings (SSSR count). The molecule has 0 atom stereocenters. The van der Waals surface area contributed by atoms with Crippen LogP contribution in [0.3, 0.4) is 0 Å². The Balaban J connectivity index is 1.41. The average molecular weight is 445 g/mol. The van der Waals surface area contributed by atoms with E-state index in [1.165, 1.54) is 24.8 Å². The lowest BCUT2D eigenvalue weighted by atomic mass is 10.2. The number of nitrogens with zero attached hydrogens (tertiary/aromatic N) is 3. The number of carbonyl (C=O) groups is 1. The minimum absolute atomic E-state index is 0.369. The van der Waals surface area contributed by atoms with E-state index in [0.29, 0.717) is 23.6 Å². The quantitative estimate of drug-likeness (QED) is 0.461. The summed E-state index contributed by atoms with van der Waals surface area (Å²) in [5, 5.41) is 6.64. The molecule has 0 spiro atoms. The number of rotatable bonds is 9. The number of pyridine rings is 1. The number of anilines is 4. The van der Waals surface area contributed by atoms with Crippen LogP contribution in [0.5, 0.6) is 0 Å². The van der Waals surface area contributed by atoms with Gasteiger partial charge in [-0.15, -0.1) is 0 Å². The number of aromatic nitrogens is 1. The molecule has 7 nitrogen and oxygen atoms in total. The molecular weight excluding hydrogens is 412 g/mol. The van der Waals surface area contributed by atoms with Gasteiger partial charge in [-0.25, -0.2) is 4.98 Å². The Kier molecular flexibility index (Phi) is 7.42. The zero-order chi connectivity index (χ0) is 23.0. The molecule has 33 heavy (non-hydrogen) atoms. The van der Waals surface area contributed by atoms with Crippen LogP contribution in [0.4, 0.5) is 22.9 Å². The fraction of sp³-hybridized carbons (Fsp3) is 0.308. The summed E-state index contributed by atoms with van der Waals surface area (Å²) in [7, 11) is 0. The molecule has 7 heteroatoms. The van der Waals surface area contributed by atoms with Gasteiger partial charge < -0.3 is 21.3 Å². The predicted molar refractivity (Wildman–Crippen MR) is 135 cm³/mol. The molecule has 1 saturated heterocycles. The summed E-state index contributed by atoms with van der Waals surface area (Å²) in [5.74, 6) is 0.143. The second-order valence-corrected chi connectivity index (χ2v) is 8.32. The number of carbonyl (C=O) groups excluding carboxylic acids is 1. The Morgan fingerprint density at radius 3 is 2.42 bits per heavy atom. The predicted octanol–water partition coefficient (Wildman–Crippen LogP) is 4.07. The van der Waals surface area contributed by atoms with Crippen molar-refractivity contribution in [2.45, 2.75) is 19.9 Å². The van der Waals surface area contributed by atoms with E-state index < -0.39 is 5.91 Å². The molecule has 1 amide bonds. The van der Waals surface area contributed by atoms with E-state index in [0.717, 1.165) is 37.4 Å². The zero-order valence-corrected chi connectivity index (χ0v) is 19.1. The first-order valence-electron chi connectivity index (χ1n) is 11.5. The van der Waals surface area contributed by atoms with E-state index >= 15 is 0 Å². The minimum Gasteiger partial charge on any atom is -0.380 e. The van der Waals surface area contributed by atoms with Crippen molar-refractivity contribution < 1.29 is 4.79 Å². The van der Waals surface area contributed by atoms with E-state index in [4.69, 9.17) is 5.73 Å². The van der Waals surface area contributed by atoms with Crippen molar-refractivity contribution in [3.63, 3.8) is 0 Å². The first-order valence-corrected chi connectivity index (χ1v) is 11.5. The molecule has 2 aromatic carbocycles. The summed E-state index contributed by atoms with van der Waals surface area (Å²) >= 11 is 0. The number of nitrogens with one attached hydrogen (secondary N) is 2. The largest absolute Gasteiger partial charge is 0.380 e. The third-order valence-electron chi connectivity index (χ3n) is 5.91. The maximum Gasteiger partial charge on any atom is 0.252 e. The number of hydrogen-bond donors (Lipinski definition) is 3. The molecule has 0 bridgehead atoms. The molecule has 0 unspecified atom stereocenters. The Hall–Kier alpha value is -3.58. The van der Waals surface area contributed by atoms with Gasteiger partial charge in [0.2, 0.25) is 0 Å². The number of hydrogen-bond acceptors (Lipinski definition) is 6. The molecular formula is C26H32N6O. The van der Waals surface area contributed by atoms with Gasteiger partial charge in [-0.1, -0.05) is 37.3 Å². The highest BCUT2D eigenvalue weighted by Crippen LogP contribution is 2.24. The number of benzene rings is 2. The van der Waals surface area contributed by atoms with Crippen LogP contribution in [-0.4, -0.2) is 48.5 Å². The average Bonchev–Trinajstić information content (AvgIpc) is 2.84. The highest BCUT2D eigenvalue weighted by atomic mass is 16.1. The van der Waals surface area contributed by atoms with E-state index in [9.17, 15) is 4.79 Å². The summed E-state index contributed by atoms with van der Waals surface area (Å²) < 4.78 is 0. The van der Waals surface area contributed by atoms with E-state index in [2.05, 4.69) is 56.6 Å². The molecule has 3 aromatic rings. The highest BCUT2D eigenvalue weighted by Gasteiger charge is 2.16. The van der Waals surface area contributed by atoms with Crippen LogP contribution in [0, 0.1) is 0 Å². The molecule has 172 valence electrons. The van der Waals surface area contributed by atoms with Crippen molar-refractivity contribution in [3.8, 4) is 0 Å². The van der Waals surface area contributed by atoms with Crippen molar-refractivity contribution in [1.82, 2.24) is 9.88 Å². The van der Waals surface area contributed by atoms with Crippen molar-refractivity contribution in [2.24, 2.45) is 5.73 Å². The zero-order valence-electron chi connectivity index (χ0n) is 19.1. The summed E-state index contributed by atoms with van der Waals surface area (Å²) in [5.41, 5.74) is 9.87. The Bertz CT molecular complexity index is 1050. The van der Waals surface area contributed by atoms with Gasteiger partial charge in [0.25, 0.3) is 5.91 Å². The molecule has 1 fully saturated rings. The lowest BCUT2D eigenvalue weighted by molar-refractivity contribution is 0.100. The van der Waals surface area contributed by atoms with Crippen molar-refractivity contribution in [1.29, 1.82) is 0 Å². The highest BCUT2D eigenvalue weighted by molar-refractivity contribution is 5.98. The van der Waals surface area contributed by atoms with E-state index in [1.807, 2.05) is 36.4 Å². The molecule has 1 aromatic heterocycles. The van der Waals surface area contributed by atoms with Crippen molar-refractivity contribution in [2.75, 3.05) is 48.3 Å². The lowest BCUT2D eigenvalue weighted by Crippen LogP contribution is -2.46. The fourth-order valence-corrected chi connectivity index (χ4v) is 4.11. The summed E-state index contributed by atoms with van der Waals surface area (Å²) in [6, 6.07) is 20.2. The standard InChI is InChI=1S/C26H32N6O/c1-2-12-31-13-15-32(16-14-31)22-10-8-21(9-11-22)30-25-17-24(23(19-29-25)26(27)33)28-18-20-6-4-3-5-7-20/h3-11,17,19H,2,12-16,18H2,1H3,(H2,27,33)(H2,28,29,30). The van der Waals surface area contributed by atoms with Gasteiger partial charge in [0.05, 0.1) is 11.3 Å². The number of nitrogens with two attached hydrogens (primary N) is 1. The Morgan fingerprint density at radius 2 is 1.76 bits per heavy atom. The van der Waals surface area contributed by atoms with Gasteiger partial charge in [-0.05, 0) is 42.8 Å². The van der Waals surface area contributed by atoms with Crippen LogP contribution < -0.4 is 21.3 Å². The van der Waals surface area contributed by atoms with Gasteiger partial charge in [0.1, 0.15) is 5.82 Å². The maximum absolute atomic E-state index is 11.9. The first-order chi connectivity index (χ1) is 16.1. The van der Waals surface area contributed by atoms with Crippen molar-refractivity contribution >= 4 is 28.8 Å². The third kappa shape index (κ3) is 6.02. The minimum atomic E-state index is -0.506. The molecule has 1 aliphatic heterocycles. The van der Waals surface area contributed by atoms with Gasteiger partial charge >= 0.3 is 0 Å².